The third-order valence-electron chi connectivity index (χ3n) is 3.03. The van der Waals surface area contributed by atoms with Gasteiger partial charge in [-0.05, 0) is 19.1 Å². The molecule has 1 aromatic rings. The van der Waals surface area contributed by atoms with Crippen LogP contribution in [0.25, 0.3) is 0 Å². The normalized spacial score (nSPS) is 16.6. The van der Waals surface area contributed by atoms with E-state index in [1.807, 2.05) is 11.8 Å². The zero-order valence-corrected chi connectivity index (χ0v) is 12.0. The number of carbonyl (C=O) groups is 1. The van der Waals surface area contributed by atoms with E-state index in [4.69, 9.17) is 4.74 Å². The second kappa shape index (κ2) is 6.60. The van der Waals surface area contributed by atoms with E-state index in [0.29, 0.717) is 5.75 Å². The molecule has 1 atom stereocenters. The highest BCUT2D eigenvalue weighted by molar-refractivity contribution is 7.99. The van der Waals surface area contributed by atoms with Crippen molar-refractivity contribution in [2.24, 2.45) is 0 Å². The fourth-order valence-corrected chi connectivity index (χ4v) is 2.84. The lowest BCUT2D eigenvalue weighted by Crippen LogP contribution is -2.44. The first-order valence-electron chi connectivity index (χ1n) is 6.35. The number of hydrogen-bond acceptors (Lipinski definition) is 5. The minimum absolute atomic E-state index is 0.00406. The number of thioether (sulfide) groups is 1. The highest BCUT2D eigenvalue weighted by Crippen LogP contribution is 2.19. The number of amides is 1. The minimum Gasteiger partial charge on any atom is -0.481 e. The van der Waals surface area contributed by atoms with Crippen LogP contribution in [0.5, 0.6) is 5.75 Å². The van der Waals surface area contributed by atoms with Crippen LogP contribution in [0.3, 0.4) is 0 Å². The van der Waals surface area contributed by atoms with Gasteiger partial charge in [-0.15, -0.1) is 0 Å². The Kier molecular flexibility index (Phi) is 4.84. The maximum Gasteiger partial charge on any atom is 0.269 e. The Morgan fingerprint density at radius 2 is 1.95 bits per heavy atom. The lowest BCUT2D eigenvalue weighted by molar-refractivity contribution is -0.384. The second-order valence-corrected chi connectivity index (χ2v) is 5.67. The number of carbonyl (C=O) groups excluding carboxylic acids is 1. The van der Waals surface area contributed by atoms with Crippen LogP contribution in [-0.4, -0.2) is 46.4 Å². The average molecular weight is 296 g/mol. The number of hydrogen-bond donors (Lipinski definition) is 0. The van der Waals surface area contributed by atoms with Crippen LogP contribution in [0.1, 0.15) is 6.92 Å². The van der Waals surface area contributed by atoms with E-state index in [0.717, 1.165) is 24.6 Å². The summed E-state index contributed by atoms with van der Waals surface area (Å²) in [6.45, 7) is 3.19. The quantitative estimate of drug-likeness (QED) is 0.627. The number of nitro benzene ring substituents is 1. The smallest absolute Gasteiger partial charge is 0.269 e. The molecule has 1 heterocycles. The van der Waals surface area contributed by atoms with Gasteiger partial charge in [-0.25, -0.2) is 0 Å². The molecule has 1 aliphatic rings. The van der Waals surface area contributed by atoms with Crippen molar-refractivity contribution < 1.29 is 14.5 Å². The van der Waals surface area contributed by atoms with Gasteiger partial charge in [-0.1, -0.05) is 0 Å². The van der Waals surface area contributed by atoms with Gasteiger partial charge in [0, 0.05) is 36.7 Å². The summed E-state index contributed by atoms with van der Waals surface area (Å²) in [7, 11) is 0. The molecule has 0 spiro atoms. The zero-order chi connectivity index (χ0) is 14.5. The summed E-state index contributed by atoms with van der Waals surface area (Å²) in [5.74, 6) is 2.33. The summed E-state index contributed by atoms with van der Waals surface area (Å²) in [5.41, 5.74) is 0.00406. The predicted molar refractivity (Wildman–Crippen MR) is 77.1 cm³/mol. The molecule has 0 saturated carbocycles. The fourth-order valence-electron chi connectivity index (χ4n) is 1.94. The van der Waals surface area contributed by atoms with Gasteiger partial charge < -0.3 is 9.64 Å². The number of ether oxygens (including phenoxy) is 1. The van der Waals surface area contributed by atoms with Crippen LogP contribution in [-0.2, 0) is 4.79 Å². The lowest BCUT2D eigenvalue weighted by Gasteiger charge is -2.29. The monoisotopic (exact) mass is 296 g/mol. The first-order valence-corrected chi connectivity index (χ1v) is 7.51. The molecule has 0 aromatic heterocycles. The number of rotatable bonds is 4. The summed E-state index contributed by atoms with van der Waals surface area (Å²) in [6.07, 6.45) is -0.584. The first kappa shape index (κ1) is 14.6. The van der Waals surface area contributed by atoms with Gasteiger partial charge in [-0.3, -0.25) is 14.9 Å². The first-order chi connectivity index (χ1) is 9.58. The average Bonchev–Trinajstić information content (AvgIpc) is 2.48. The van der Waals surface area contributed by atoms with Crippen molar-refractivity contribution in [3.05, 3.63) is 34.4 Å². The van der Waals surface area contributed by atoms with Gasteiger partial charge in [0.05, 0.1) is 4.92 Å². The molecule has 0 N–H and O–H groups in total. The van der Waals surface area contributed by atoms with E-state index in [1.165, 1.54) is 24.3 Å². The molecule has 0 radical (unpaired) electrons. The fraction of sp³-hybridized carbons (Fsp3) is 0.462. The highest BCUT2D eigenvalue weighted by Gasteiger charge is 2.23. The molecular formula is C13H16N2O4S. The number of nitro groups is 1. The van der Waals surface area contributed by atoms with Gasteiger partial charge in [0.2, 0.25) is 0 Å². The second-order valence-electron chi connectivity index (χ2n) is 4.45. The van der Waals surface area contributed by atoms with Crippen molar-refractivity contribution in [3.8, 4) is 5.75 Å². The number of benzene rings is 1. The number of non-ortho nitro benzene ring substituents is 1. The maximum absolute atomic E-state index is 12.2. The third-order valence-corrected chi connectivity index (χ3v) is 3.97. The van der Waals surface area contributed by atoms with Crippen LogP contribution < -0.4 is 4.74 Å². The van der Waals surface area contributed by atoms with Gasteiger partial charge in [0.15, 0.2) is 6.10 Å². The summed E-state index contributed by atoms with van der Waals surface area (Å²) >= 11 is 1.84. The molecular weight excluding hydrogens is 280 g/mol. The van der Waals surface area contributed by atoms with E-state index in [1.54, 1.807) is 11.8 Å². The molecule has 1 aliphatic heterocycles. The van der Waals surface area contributed by atoms with Crippen molar-refractivity contribution in [2.75, 3.05) is 24.6 Å². The van der Waals surface area contributed by atoms with Crippen molar-refractivity contribution in [1.82, 2.24) is 4.90 Å². The zero-order valence-electron chi connectivity index (χ0n) is 11.2. The Balaban J connectivity index is 1.94. The topological polar surface area (TPSA) is 72.7 Å². The molecule has 20 heavy (non-hydrogen) atoms. The van der Waals surface area contributed by atoms with Gasteiger partial charge in [-0.2, -0.15) is 11.8 Å². The standard InChI is InChI=1S/C13H16N2O4S/c1-10(13(16)14-6-8-20-9-7-14)19-12-4-2-11(3-5-12)15(17)18/h2-5,10H,6-9H2,1H3. The van der Waals surface area contributed by atoms with Crippen molar-refractivity contribution >= 4 is 23.4 Å². The van der Waals surface area contributed by atoms with Crippen LogP contribution in [0.15, 0.2) is 24.3 Å². The van der Waals surface area contributed by atoms with Gasteiger partial charge in [0.1, 0.15) is 5.75 Å². The lowest BCUT2D eigenvalue weighted by atomic mass is 10.3. The molecule has 108 valence electrons. The van der Waals surface area contributed by atoms with Gasteiger partial charge in [0.25, 0.3) is 11.6 Å². The summed E-state index contributed by atoms with van der Waals surface area (Å²) in [4.78, 5) is 24.0. The minimum atomic E-state index is -0.584. The molecule has 0 bridgehead atoms. The van der Waals surface area contributed by atoms with Crippen LogP contribution in [0.4, 0.5) is 5.69 Å². The largest absolute Gasteiger partial charge is 0.481 e. The predicted octanol–water partition coefficient (Wildman–Crippen LogP) is 1.94. The van der Waals surface area contributed by atoms with E-state index < -0.39 is 11.0 Å². The summed E-state index contributed by atoms with van der Waals surface area (Å²) in [6, 6.07) is 5.75. The molecule has 0 aliphatic carbocycles. The van der Waals surface area contributed by atoms with E-state index >= 15 is 0 Å². The Hall–Kier alpha value is -1.76. The Bertz CT molecular complexity index is 486. The summed E-state index contributed by atoms with van der Waals surface area (Å²) in [5, 5.41) is 10.6. The molecule has 1 amide bonds. The Morgan fingerprint density at radius 1 is 1.35 bits per heavy atom. The molecule has 1 unspecified atom stereocenters. The SMILES string of the molecule is CC(Oc1ccc([N+](=O)[O-])cc1)C(=O)N1CCSCC1. The van der Waals surface area contributed by atoms with Gasteiger partial charge >= 0.3 is 0 Å². The molecule has 7 heteroatoms. The highest BCUT2D eigenvalue weighted by atomic mass is 32.2. The number of nitrogens with zero attached hydrogens (tertiary/aromatic N) is 2. The molecule has 1 fully saturated rings. The molecule has 2 rings (SSSR count). The van der Waals surface area contributed by atoms with Crippen molar-refractivity contribution in [3.63, 3.8) is 0 Å². The molecule has 6 nitrogen and oxygen atoms in total. The Labute approximate surface area is 121 Å². The maximum atomic E-state index is 12.2. The molecule has 1 aromatic carbocycles. The van der Waals surface area contributed by atoms with Crippen LogP contribution in [0.2, 0.25) is 0 Å². The van der Waals surface area contributed by atoms with Crippen LogP contribution in [0, 0.1) is 10.1 Å². The van der Waals surface area contributed by atoms with E-state index in [-0.39, 0.29) is 11.6 Å². The summed E-state index contributed by atoms with van der Waals surface area (Å²) < 4.78 is 5.54. The Morgan fingerprint density at radius 3 is 2.50 bits per heavy atom. The van der Waals surface area contributed by atoms with Crippen LogP contribution >= 0.6 is 11.8 Å². The van der Waals surface area contributed by atoms with Crippen molar-refractivity contribution in [1.29, 1.82) is 0 Å². The van der Waals surface area contributed by atoms with Crippen molar-refractivity contribution in [2.45, 2.75) is 13.0 Å². The van der Waals surface area contributed by atoms with E-state index in [9.17, 15) is 14.9 Å². The third kappa shape index (κ3) is 3.63. The molecule has 1 saturated heterocycles. The van der Waals surface area contributed by atoms with E-state index in [2.05, 4.69) is 0 Å².